The number of fused-ring (bicyclic) bond motifs is 1. The summed E-state index contributed by atoms with van der Waals surface area (Å²) in [5.74, 6) is -23.1. The fraction of sp³-hybridized carbons (Fsp3) is 0.466. The number of aliphatic hydroxyl groups excluding tert-OH is 1. The predicted molar refractivity (Wildman–Crippen MR) is 427 cm³/mol. The number of nitrogens with one attached hydrogen (secondary N) is 15. The number of aliphatic hydroxyl groups is 1. The number of aliphatic carboxylic acids is 2. The molecule has 1 fully saturated rings. The highest BCUT2D eigenvalue weighted by molar-refractivity contribution is 8.76. The minimum absolute atomic E-state index is 0.111. The maximum atomic E-state index is 14.8. The molecule has 42 nitrogen and oxygen atoms in total. The number of rotatable bonds is 23. The van der Waals surface area contributed by atoms with Crippen molar-refractivity contribution in [3.63, 3.8) is 0 Å². The Kier molecular flexibility index (Phi) is 39.1. The number of carboxylic acid groups (broad SMARTS) is 2. The van der Waals surface area contributed by atoms with Gasteiger partial charge in [0.05, 0.1) is 31.5 Å². The Bertz CT molecular complexity index is 4300. The van der Waals surface area contributed by atoms with Gasteiger partial charge in [0.2, 0.25) is 100 Å². The van der Waals surface area contributed by atoms with Gasteiger partial charge in [-0.3, -0.25) is 86.3 Å². The molecule has 0 saturated carbocycles. The van der Waals surface area contributed by atoms with E-state index in [2.05, 4.69) is 79.4 Å². The molecular weight excluding hydrogens is 1610 g/mol. The van der Waals surface area contributed by atoms with Crippen LogP contribution < -0.4 is 97.4 Å². The molecule has 17 amide bonds. The predicted octanol–water partition coefficient (Wildman–Crippen LogP) is -6.80. The van der Waals surface area contributed by atoms with Crippen LogP contribution >= 0.6 is 33.3 Å². The molecule has 0 spiro atoms. The van der Waals surface area contributed by atoms with E-state index in [0.29, 0.717) is 27.6 Å². The lowest BCUT2D eigenvalue weighted by Crippen LogP contribution is -2.61. The van der Waals surface area contributed by atoms with Gasteiger partial charge < -0.3 is 123 Å². The zero-order chi connectivity index (χ0) is 87.6. The van der Waals surface area contributed by atoms with E-state index in [1.165, 1.54) is 75.1 Å². The molecule has 45 heteroatoms. The fourth-order valence-corrected chi connectivity index (χ4v) is 14.1. The number of hydrogen-bond acceptors (Lipinski definition) is 25. The monoisotopic (exact) mass is 1710 g/mol. The van der Waals surface area contributed by atoms with Crippen molar-refractivity contribution < 1.29 is 112 Å². The second kappa shape index (κ2) is 47.8. The number of thioether (sulfide) groups is 1. The minimum atomic E-state index is -2.08. The van der Waals surface area contributed by atoms with Gasteiger partial charge in [0.1, 0.15) is 84.3 Å². The largest absolute Gasteiger partial charge is 0.508 e. The summed E-state index contributed by atoms with van der Waals surface area (Å²) in [6.07, 6.45) is -4.34. The van der Waals surface area contributed by atoms with Crippen LogP contribution in [0.15, 0.2) is 85.1 Å². The van der Waals surface area contributed by atoms with E-state index in [1.54, 1.807) is 48.7 Å². The van der Waals surface area contributed by atoms with Crippen LogP contribution in [0.2, 0.25) is 0 Å². The Morgan fingerprint density at radius 1 is 0.508 bits per heavy atom. The van der Waals surface area contributed by atoms with E-state index in [9.17, 15) is 112 Å². The van der Waals surface area contributed by atoms with Crippen molar-refractivity contribution in [1.29, 1.82) is 0 Å². The number of phenolic OH excluding ortho intramolecular Hbond substituents is 1. The Labute approximate surface area is 687 Å². The van der Waals surface area contributed by atoms with Crippen LogP contribution in [-0.4, -0.2) is 259 Å². The van der Waals surface area contributed by atoms with E-state index in [0.717, 1.165) is 28.5 Å². The summed E-state index contributed by atoms with van der Waals surface area (Å²) in [5.41, 5.74) is 24.3. The first kappa shape index (κ1) is 96.5. The molecular formula is C73H99N19O23S3. The average Bonchev–Trinajstić information content (AvgIpc) is 1.80. The number of hydrogen-bond donors (Lipinski definition) is 23. The zero-order valence-corrected chi connectivity index (χ0v) is 67.2. The number of primary amides is 3. The van der Waals surface area contributed by atoms with Gasteiger partial charge in [0.15, 0.2) is 0 Å². The molecule has 0 aliphatic carbocycles. The van der Waals surface area contributed by atoms with Gasteiger partial charge in [0, 0.05) is 60.7 Å². The molecule has 0 unspecified atom stereocenters. The lowest BCUT2D eigenvalue weighted by Gasteiger charge is -2.28. The number of carbonyl (C=O) groups excluding carboxylic acids is 17. The molecule has 642 valence electrons. The SMILES string of the molecule is CSCC[C@@H]1NC(=O)[C@H]([C@@H](C)O)NC(=O)[C@H](CC(N)=O)NC(=O)CNC(=O)[C@H](Cc2ccccc2)NC(=O)[C@H](CC(=O)O)NC(=O)[C@H](Cc2c[nH]c3ccccc23)NC(=O)[C@H](CCC(N)=O)NC(=O)[C@H](C)NC(=O)[C@H](C)NC(=O)[C@H](C)NC(=O)[C@H](Cc2ccc(O)cc2)NC(=O)[C@@H](N)CSSC[C@@H](C(=O)N[C@@H](CCC(N)=O)C(=O)O)NC1=O. The molecule has 15 atom stereocenters. The third-order valence-electron chi connectivity index (χ3n) is 17.9. The van der Waals surface area contributed by atoms with Crippen molar-refractivity contribution in [2.45, 2.75) is 183 Å². The third-order valence-corrected chi connectivity index (χ3v) is 20.9. The number of carboxylic acids is 2. The number of aromatic amines is 1. The smallest absolute Gasteiger partial charge is 0.326 e. The Hall–Kier alpha value is -12.1. The number of aromatic hydroxyl groups is 1. The summed E-state index contributed by atoms with van der Waals surface area (Å²) in [6, 6.07) is -4.05. The molecule has 1 saturated heterocycles. The molecule has 3 aromatic carbocycles. The van der Waals surface area contributed by atoms with Crippen molar-refractivity contribution in [3.8, 4) is 5.75 Å². The summed E-state index contributed by atoms with van der Waals surface area (Å²) >= 11 is 1.18. The van der Waals surface area contributed by atoms with E-state index < -0.39 is 260 Å². The first-order valence-corrected chi connectivity index (χ1v) is 40.7. The van der Waals surface area contributed by atoms with E-state index in [4.69, 9.17) is 22.9 Å². The summed E-state index contributed by atoms with van der Waals surface area (Å²) < 4.78 is 0. The summed E-state index contributed by atoms with van der Waals surface area (Å²) in [4.78, 5) is 263. The topological polar surface area (TPSA) is 694 Å². The maximum absolute atomic E-state index is 14.8. The third kappa shape index (κ3) is 32.5. The lowest BCUT2D eigenvalue weighted by atomic mass is 10.0. The van der Waals surface area contributed by atoms with Gasteiger partial charge in [-0.1, -0.05) is 82.3 Å². The van der Waals surface area contributed by atoms with Gasteiger partial charge in [-0.2, -0.15) is 11.8 Å². The minimum Gasteiger partial charge on any atom is -0.508 e. The number of benzene rings is 3. The number of H-pyrrole nitrogens is 1. The summed E-state index contributed by atoms with van der Waals surface area (Å²) in [7, 11) is 1.65. The highest BCUT2D eigenvalue weighted by atomic mass is 33.1. The van der Waals surface area contributed by atoms with Gasteiger partial charge in [-0.25, -0.2) is 4.79 Å². The molecule has 118 heavy (non-hydrogen) atoms. The summed E-state index contributed by atoms with van der Waals surface area (Å²) in [6.45, 7) is 3.59. The van der Waals surface area contributed by atoms with E-state index >= 15 is 0 Å². The molecule has 2 heterocycles. The van der Waals surface area contributed by atoms with Gasteiger partial charge in [-0.05, 0) is 93.9 Å². The number of nitrogens with two attached hydrogens (primary N) is 4. The Balaban J connectivity index is 1.55. The van der Waals surface area contributed by atoms with Crippen LogP contribution in [0.5, 0.6) is 5.75 Å². The molecule has 0 bridgehead atoms. The first-order chi connectivity index (χ1) is 55.7. The molecule has 1 aromatic heterocycles. The van der Waals surface area contributed by atoms with Crippen LogP contribution in [0.4, 0.5) is 0 Å². The maximum Gasteiger partial charge on any atom is 0.326 e. The van der Waals surface area contributed by atoms with Gasteiger partial charge in [-0.15, -0.1) is 0 Å². The van der Waals surface area contributed by atoms with Crippen molar-refractivity contribution in [3.05, 3.63) is 102 Å². The molecule has 27 N–H and O–H groups in total. The Morgan fingerprint density at radius 2 is 0.983 bits per heavy atom. The number of amides is 17. The van der Waals surface area contributed by atoms with Crippen molar-refractivity contribution in [2.24, 2.45) is 22.9 Å². The van der Waals surface area contributed by atoms with E-state index in [-0.39, 0.29) is 36.5 Å². The number of aromatic nitrogens is 1. The molecule has 5 rings (SSSR count). The standard InChI is InChI=1S/C73H99N19O23S3/c1-34-60(101)81-36(3)62(103)84-45(19-21-54(75)95)65(106)89-50(27-40-30-78-44-14-10-9-13-42(40)44)68(109)90-52(29-58(99)100)69(110)88-48(25-38-11-7-6-8-12-38)64(105)79-31-57(98)83-51(28-56(77)97)70(111)92-59(37(4)93)72(113)85-46(23-24-116-5)66(107)91-53(71(112)86-47(73(114)115)20-22-55(76)96)33-118-117-32-43(74)63(104)87-49(26-39-15-17-41(94)18-16-39)67(108)82-35(2)61(102)80-34/h6-18,30,34-37,43,45-53,59,78,93-94H,19-29,31-33,74H2,1-5H3,(H2,75,95)(H2,76,96)(H2,77,97)(H,79,105)(H,80,102)(H,81,101)(H,82,108)(H,83,98)(H,84,103)(H,85,113)(H,86,112)(H,87,104)(H,88,110)(H,89,106)(H,90,109)(H,91,107)(H,92,111)(H,99,100)(H,114,115)/t34-,35-,36-,37+,43-,45-,46-,47-,48-,49-,50-,51-,52-,53-,59-/m0/s1. The lowest BCUT2D eigenvalue weighted by molar-refractivity contribution is -0.142. The zero-order valence-electron chi connectivity index (χ0n) is 64.7. The molecule has 0 radical (unpaired) electrons. The second-order valence-electron chi connectivity index (χ2n) is 27.4. The number of phenols is 1. The Morgan fingerprint density at radius 3 is 1.57 bits per heavy atom. The van der Waals surface area contributed by atoms with Crippen LogP contribution in [0.25, 0.3) is 10.9 Å². The number of carbonyl (C=O) groups is 19. The van der Waals surface area contributed by atoms with Crippen LogP contribution in [-0.2, 0) is 110 Å². The molecule has 1 aliphatic rings. The molecule has 1 aliphatic heterocycles. The number of para-hydroxylation sites is 1. The van der Waals surface area contributed by atoms with Crippen LogP contribution in [0.1, 0.15) is 89.3 Å². The van der Waals surface area contributed by atoms with Crippen molar-refractivity contribution in [2.75, 3.05) is 30.1 Å². The van der Waals surface area contributed by atoms with Gasteiger partial charge in [0.25, 0.3) is 0 Å². The molecule has 4 aromatic rings. The summed E-state index contributed by atoms with van der Waals surface area (Å²) in [5, 5.41) is 74.8. The van der Waals surface area contributed by atoms with Crippen LogP contribution in [0, 0.1) is 0 Å². The van der Waals surface area contributed by atoms with Crippen molar-refractivity contribution in [1.82, 2.24) is 79.4 Å². The first-order valence-electron chi connectivity index (χ1n) is 36.8. The van der Waals surface area contributed by atoms with E-state index in [1.807, 2.05) is 0 Å². The highest BCUT2D eigenvalue weighted by Crippen LogP contribution is 2.24. The highest BCUT2D eigenvalue weighted by Gasteiger charge is 2.39. The van der Waals surface area contributed by atoms with Gasteiger partial charge >= 0.3 is 11.9 Å². The van der Waals surface area contributed by atoms with Crippen LogP contribution in [0.3, 0.4) is 0 Å². The quantitative estimate of drug-likeness (QED) is 0.0307. The second-order valence-corrected chi connectivity index (χ2v) is 31.0. The average molecular weight is 1710 g/mol. The fourth-order valence-electron chi connectivity index (χ4n) is 11.3. The normalized spacial score (nSPS) is 24.3. The van der Waals surface area contributed by atoms with Crippen molar-refractivity contribution >= 4 is 157 Å².